The number of aromatic nitrogens is 4. The number of H-pyrrole nitrogens is 1. The third-order valence-corrected chi connectivity index (χ3v) is 4.09. The Balaban J connectivity index is 1.83. The van der Waals surface area contributed by atoms with E-state index in [4.69, 9.17) is 0 Å². The number of esters is 1. The number of amides is 1. The van der Waals surface area contributed by atoms with Crippen molar-refractivity contribution in [3.63, 3.8) is 0 Å². The van der Waals surface area contributed by atoms with Gasteiger partial charge in [0.05, 0.1) is 36.9 Å². The Bertz CT molecular complexity index is 948. The number of carbonyl (C=O) groups is 2. The Hall–Kier alpha value is -3.29. The number of nitrogens with zero attached hydrogens (tertiary/aromatic N) is 3. The Kier molecular flexibility index (Phi) is 3.23. The zero-order chi connectivity index (χ0) is 16.7. The minimum absolute atomic E-state index is 0.0924. The van der Waals surface area contributed by atoms with Crippen molar-refractivity contribution in [2.24, 2.45) is 0 Å². The summed E-state index contributed by atoms with van der Waals surface area (Å²) in [7, 11) is 1.29. The minimum atomic E-state index is -0.549. The predicted molar refractivity (Wildman–Crippen MR) is 84.6 cm³/mol. The van der Waals surface area contributed by atoms with Gasteiger partial charge < -0.3 is 10.1 Å². The van der Waals surface area contributed by atoms with Gasteiger partial charge in [-0.2, -0.15) is 5.10 Å². The first-order valence-corrected chi connectivity index (χ1v) is 7.33. The van der Waals surface area contributed by atoms with Crippen LogP contribution in [0.2, 0.25) is 0 Å². The average molecular weight is 323 g/mol. The van der Waals surface area contributed by atoms with Crippen molar-refractivity contribution in [3.05, 3.63) is 47.7 Å². The molecule has 3 heterocycles. The molecule has 2 aromatic heterocycles. The van der Waals surface area contributed by atoms with Crippen LogP contribution in [-0.4, -0.2) is 39.2 Å². The fourth-order valence-corrected chi connectivity index (χ4v) is 2.98. The van der Waals surface area contributed by atoms with Gasteiger partial charge in [-0.05, 0) is 12.1 Å². The molecule has 24 heavy (non-hydrogen) atoms. The first-order valence-electron chi connectivity index (χ1n) is 7.33. The molecule has 0 saturated heterocycles. The molecule has 1 aliphatic heterocycles. The van der Waals surface area contributed by atoms with Crippen molar-refractivity contribution < 1.29 is 14.3 Å². The number of carbonyl (C=O) groups excluding carboxylic acids is 2. The number of hydrogen-bond acceptors (Lipinski definition) is 6. The van der Waals surface area contributed by atoms with Crippen LogP contribution in [0.4, 0.5) is 5.69 Å². The van der Waals surface area contributed by atoms with Gasteiger partial charge in [0.15, 0.2) is 5.69 Å². The number of ether oxygens (including phenoxy) is 1. The number of nitrogens with one attached hydrogen (secondary N) is 2. The third kappa shape index (κ3) is 2.19. The van der Waals surface area contributed by atoms with E-state index >= 15 is 0 Å². The molecular weight excluding hydrogens is 310 g/mol. The Morgan fingerprint density at radius 2 is 2.12 bits per heavy atom. The second kappa shape index (κ2) is 5.41. The van der Waals surface area contributed by atoms with E-state index in [9.17, 15) is 9.59 Å². The molecule has 1 unspecified atom stereocenters. The number of benzene rings is 1. The Labute approximate surface area is 136 Å². The molecule has 1 aromatic carbocycles. The second-order valence-electron chi connectivity index (χ2n) is 5.48. The molecule has 0 spiro atoms. The summed E-state index contributed by atoms with van der Waals surface area (Å²) in [5.41, 5.74) is 3.25. The normalized spacial score (nSPS) is 16.5. The van der Waals surface area contributed by atoms with E-state index in [1.54, 1.807) is 6.20 Å². The number of fused-ring (bicyclic) bond motifs is 3. The van der Waals surface area contributed by atoms with Crippen LogP contribution in [0.1, 0.15) is 34.1 Å². The summed E-state index contributed by atoms with van der Waals surface area (Å²) in [4.78, 5) is 31.9. The predicted octanol–water partition coefficient (Wildman–Crippen LogP) is 1.61. The van der Waals surface area contributed by atoms with Crippen LogP contribution in [0.3, 0.4) is 0 Å². The molecule has 0 bridgehead atoms. The third-order valence-electron chi connectivity index (χ3n) is 4.09. The molecule has 3 aromatic rings. The van der Waals surface area contributed by atoms with Crippen LogP contribution >= 0.6 is 0 Å². The SMILES string of the molecule is COC(=O)c1cnc(C2CC(=O)Nc3ccc4cn[nH]c4c32)cn1. The molecule has 1 atom stereocenters. The molecule has 4 rings (SSSR count). The topological polar surface area (TPSA) is 110 Å². The summed E-state index contributed by atoms with van der Waals surface area (Å²) in [6, 6.07) is 3.75. The lowest BCUT2D eigenvalue weighted by molar-refractivity contribution is -0.116. The van der Waals surface area contributed by atoms with Crippen molar-refractivity contribution in [3.8, 4) is 0 Å². The lowest BCUT2D eigenvalue weighted by Crippen LogP contribution is -2.24. The van der Waals surface area contributed by atoms with Gasteiger partial charge in [-0.15, -0.1) is 0 Å². The van der Waals surface area contributed by atoms with Crippen LogP contribution < -0.4 is 5.32 Å². The molecule has 0 fully saturated rings. The fourth-order valence-electron chi connectivity index (χ4n) is 2.98. The molecule has 0 saturated carbocycles. The summed E-state index contributed by atoms with van der Waals surface area (Å²) in [5, 5.41) is 10.9. The molecule has 120 valence electrons. The van der Waals surface area contributed by atoms with Gasteiger partial charge in [0.1, 0.15) is 0 Å². The smallest absolute Gasteiger partial charge is 0.358 e. The second-order valence-corrected chi connectivity index (χ2v) is 5.48. The van der Waals surface area contributed by atoms with Gasteiger partial charge in [0.2, 0.25) is 5.91 Å². The standard InChI is InChI=1S/C16H13N5O3/c1-24-16(23)12-7-17-11(6-18-12)9-4-13(22)20-10-3-2-8-5-19-21-15(8)14(9)10/h2-3,5-7,9H,4H2,1H3,(H,19,21)(H,20,22). The van der Waals surface area contributed by atoms with E-state index in [0.29, 0.717) is 5.69 Å². The van der Waals surface area contributed by atoms with Crippen LogP contribution in [-0.2, 0) is 9.53 Å². The van der Waals surface area contributed by atoms with Crippen LogP contribution in [0.15, 0.2) is 30.7 Å². The number of methoxy groups -OCH3 is 1. The van der Waals surface area contributed by atoms with Gasteiger partial charge in [0.25, 0.3) is 0 Å². The van der Waals surface area contributed by atoms with Crippen molar-refractivity contribution in [2.45, 2.75) is 12.3 Å². The van der Waals surface area contributed by atoms with E-state index in [1.165, 1.54) is 19.5 Å². The highest BCUT2D eigenvalue weighted by molar-refractivity contribution is 6.00. The van der Waals surface area contributed by atoms with E-state index in [-0.39, 0.29) is 23.9 Å². The van der Waals surface area contributed by atoms with Gasteiger partial charge in [0, 0.05) is 29.0 Å². The molecular formula is C16H13N5O3. The van der Waals surface area contributed by atoms with Crippen molar-refractivity contribution in [2.75, 3.05) is 12.4 Å². The Morgan fingerprint density at radius 1 is 1.25 bits per heavy atom. The maximum absolute atomic E-state index is 12.0. The largest absolute Gasteiger partial charge is 0.464 e. The summed E-state index contributed by atoms with van der Waals surface area (Å²) in [6.07, 6.45) is 4.85. The van der Waals surface area contributed by atoms with Crippen LogP contribution in [0.5, 0.6) is 0 Å². The zero-order valence-corrected chi connectivity index (χ0v) is 12.7. The number of anilines is 1. The highest BCUT2D eigenvalue weighted by atomic mass is 16.5. The lowest BCUT2D eigenvalue weighted by atomic mass is 9.86. The number of rotatable bonds is 2. The van der Waals surface area contributed by atoms with Crippen molar-refractivity contribution in [1.29, 1.82) is 0 Å². The Morgan fingerprint density at radius 3 is 2.88 bits per heavy atom. The highest BCUT2D eigenvalue weighted by Gasteiger charge is 2.30. The summed E-state index contributed by atoms with van der Waals surface area (Å²) in [6.45, 7) is 0. The summed E-state index contributed by atoms with van der Waals surface area (Å²) < 4.78 is 4.62. The van der Waals surface area contributed by atoms with E-state index in [2.05, 4.69) is 30.2 Å². The van der Waals surface area contributed by atoms with Gasteiger partial charge in [-0.1, -0.05) is 0 Å². The minimum Gasteiger partial charge on any atom is -0.464 e. The molecule has 2 N–H and O–H groups in total. The summed E-state index contributed by atoms with van der Waals surface area (Å²) in [5.74, 6) is -0.908. The first-order chi connectivity index (χ1) is 11.7. The van der Waals surface area contributed by atoms with Crippen molar-refractivity contribution >= 4 is 28.5 Å². The molecule has 8 heteroatoms. The molecule has 1 amide bonds. The van der Waals surface area contributed by atoms with E-state index in [1.807, 2.05) is 12.1 Å². The van der Waals surface area contributed by atoms with Gasteiger partial charge in [-0.3, -0.25) is 14.9 Å². The molecule has 1 aliphatic rings. The van der Waals surface area contributed by atoms with Crippen LogP contribution in [0, 0.1) is 0 Å². The van der Waals surface area contributed by atoms with Crippen molar-refractivity contribution in [1.82, 2.24) is 20.2 Å². The molecule has 0 radical (unpaired) electrons. The first kappa shape index (κ1) is 14.3. The fraction of sp³-hybridized carbons (Fsp3) is 0.188. The van der Waals surface area contributed by atoms with E-state index in [0.717, 1.165) is 22.2 Å². The lowest BCUT2D eigenvalue weighted by Gasteiger charge is -2.25. The van der Waals surface area contributed by atoms with Crippen LogP contribution in [0.25, 0.3) is 10.9 Å². The quantitative estimate of drug-likeness (QED) is 0.693. The molecule has 0 aliphatic carbocycles. The maximum Gasteiger partial charge on any atom is 0.358 e. The highest BCUT2D eigenvalue weighted by Crippen LogP contribution is 2.39. The average Bonchev–Trinajstić information content (AvgIpc) is 3.09. The van der Waals surface area contributed by atoms with E-state index < -0.39 is 5.97 Å². The number of aromatic amines is 1. The number of hydrogen-bond donors (Lipinski definition) is 2. The zero-order valence-electron chi connectivity index (χ0n) is 12.7. The van der Waals surface area contributed by atoms with Gasteiger partial charge >= 0.3 is 5.97 Å². The molecule has 8 nitrogen and oxygen atoms in total. The summed E-state index contributed by atoms with van der Waals surface area (Å²) >= 11 is 0. The monoisotopic (exact) mass is 323 g/mol. The van der Waals surface area contributed by atoms with Gasteiger partial charge in [-0.25, -0.2) is 9.78 Å². The maximum atomic E-state index is 12.0.